The fourth-order valence-electron chi connectivity index (χ4n) is 7.36. The van der Waals surface area contributed by atoms with Crippen LogP contribution in [-0.2, 0) is 32.0 Å². The molecule has 6 fully saturated rings. The van der Waals surface area contributed by atoms with E-state index in [9.17, 15) is 29.4 Å². The average Bonchev–Trinajstić information content (AvgIpc) is 2.92. The van der Waals surface area contributed by atoms with E-state index < -0.39 is 23.9 Å². The number of nitrogens with one attached hydrogen (secondary N) is 1. The third kappa shape index (κ3) is 6.10. The van der Waals surface area contributed by atoms with E-state index in [0.29, 0.717) is 18.4 Å². The van der Waals surface area contributed by atoms with Crippen LogP contribution < -0.4 is 5.32 Å². The summed E-state index contributed by atoms with van der Waals surface area (Å²) in [5.74, 6) is -2.20. The summed E-state index contributed by atoms with van der Waals surface area (Å²) in [6.07, 6.45) is 4.28. The van der Waals surface area contributed by atoms with E-state index in [4.69, 9.17) is 0 Å². The number of amides is 1. The summed E-state index contributed by atoms with van der Waals surface area (Å²) in [5.41, 5.74) is 1.53. The minimum Gasteiger partial charge on any atom is -0.481 e. The lowest BCUT2D eigenvalue weighted by atomic mass is 9.71. The maximum absolute atomic E-state index is 12.8. The van der Waals surface area contributed by atoms with Crippen LogP contribution in [0.3, 0.4) is 0 Å². The molecule has 1 amide bonds. The topological polar surface area (TPSA) is 127 Å². The number of carbonyl (C=O) groups excluding carboxylic acids is 2. The number of aliphatic carboxylic acids is 2. The number of carboxylic acid groups (broad SMARTS) is 2. The van der Waals surface area contributed by atoms with Crippen molar-refractivity contribution < 1.29 is 29.4 Å². The minimum absolute atomic E-state index is 0.0374. The molecule has 206 valence electrons. The van der Waals surface area contributed by atoms with Crippen LogP contribution in [0.4, 0.5) is 0 Å². The fraction of sp³-hybridized carbons (Fsp3) is 0.655. The number of rotatable bonds is 11. The number of ketones is 1. The zero-order valence-corrected chi connectivity index (χ0v) is 21.9. The first-order valence-electron chi connectivity index (χ1n) is 14.1. The van der Waals surface area contributed by atoms with Crippen LogP contribution in [0.25, 0.3) is 0 Å². The van der Waals surface area contributed by atoms with Crippen molar-refractivity contribution in [1.29, 1.82) is 0 Å². The van der Waals surface area contributed by atoms with Gasteiger partial charge in [-0.25, -0.2) is 4.79 Å². The highest BCUT2D eigenvalue weighted by Crippen LogP contribution is 2.38. The predicted octanol–water partition coefficient (Wildman–Crippen LogP) is 1.68. The van der Waals surface area contributed by atoms with Gasteiger partial charge < -0.3 is 25.3 Å². The van der Waals surface area contributed by atoms with Gasteiger partial charge in [-0.3, -0.25) is 14.4 Å². The van der Waals surface area contributed by atoms with E-state index in [1.54, 1.807) is 24.3 Å². The first-order chi connectivity index (χ1) is 18.3. The second kappa shape index (κ2) is 11.5. The number of carboxylic acids is 2. The van der Waals surface area contributed by atoms with E-state index in [1.165, 1.54) is 0 Å². The van der Waals surface area contributed by atoms with Crippen molar-refractivity contribution in [2.24, 2.45) is 29.6 Å². The summed E-state index contributed by atoms with van der Waals surface area (Å²) in [6, 6.07) is 6.29. The SMILES string of the molecule is O=C(Cc1ccc(CC(=O)NC(C(=O)O)[C@H]2CN3CCC2CC3)cc1)CC(C(=O)O)[C@H]1CN2CCC1CC2. The normalized spacial score (nSPS) is 31.4. The molecule has 6 saturated heterocycles. The van der Waals surface area contributed by atoms with Crippen LogP contribution in [0.1, 0.15) is 43.2 Å². The first kappa shape index (κ1) is 26.8. The lowest BCUT2D eigenvalue weighted by molar-refractivity contribution is -0.149. The maximum atomic E-state index is 12.8. The Kier molecular flexibility index (Phi) is 8.14. The number of hydrogen-bond acceptors (Lipinski definition) is 6. The Hall–Kier alpha value is -2.78. The summed E-state index contributed by atoms with van der Waals surface area (Å²) < 4.78 is 0. The van der Waals surface area contributed by atoms with Gasteiger partial charge in [-0.2, -0.15) is 0 Å². The molecule has 6 heterocycles. The number of hydrogen-bond donors (Lipinski definition) is 3. The maximum Gasteiger partial charge on any atom is 0.326 e. The van der Waals surface area contributed by atoms with E-state index >= 15 is 0 Å². The molecule has 6 aliphatic rings. The van der Waals surface area contributed by atoms with Crippen molar-refractivity contribution >= 4 is 23.6 Å². The molecule has 0 aliphatic carbocycles. The largest absolute Gasteiger partial charge is 0.481 e. The highest BCUT2D eigenvalue weighted by molar-refractivity contribution is 5.86. The van der Waals surface area contributed by atoms with Crippen molar-refractivity contribution in [3.05, 3.63) is 35.4 Å². The molecule has 1 aromatic rings. The number of fused-ring (bicyclic) bond motifs is 6. The quantitative estimate of drug-likeness (QED) is 0.398. The summed E-state index contributed by atoms with van der Waals surface area (Å²) >= 11 is 0. The third-order valence-electron chi connectivity index (χ3n) is 9.49. The molecule has 0 spiro atoms. The Morgan fingerprint density at radius 1 is 0.763 bits per heavy atom. The Morgan fingerprint density at radius 2 is 1.26 bits per heavy atom. The van der Waals surface area contributed by atoms with Crippen LogP contribution in [0.5, 0.6) is 0 Å². The van der Waals surface area contributed by atoms with Crippen LogP contribution >= 0.6 is 0 Å². The van der Waals surface area contributed by atoms with Crippen molar-refractivity contribution in [2.45, 2.75) is 51.0 Å². The van der Waals surface area contributed by atoms with E-state index in [-0.39, 0.29) is 42.8 Å². The molecular formula is C29H39N3O6. The van der Waals surface area contributed by atoms with Gasteiger partial charge in [0.15, 0.2) is 0 Å². The molecule has 0 saturated carbocycles. The lowest BCUT2D eigenvalue weighted by Gasteiger charge is -2.46. The standard InChI is InChI=1S/C29H39N3O6/c33-22(15-23(28(35)36)24-16-31-9-5-20(24)6-10-31)13-18-1-3-19(4-2-18)14-26(34)30-27(29(37)38)25-17-32-11-7-21(25)8-12-32/h1-4,20-21,23-25,27H,5-17H2,(H,30,34)(H,35,36)(H,37,38)/t23?,24-,25-,27?/m0/s1. The van der Waals surface area contributed by atoms with Gasteiger partial charge in [-0.1, -0.05) is 24.3 Å². The van der Waals surface area contributed by atoms with Gasteiger partial charge in [0.1, 0.15) is 11.8 Å². The number of benzene rings is 1. The number of carbonyl (C=O) groups is 4. The van der Waals surface area contributed by atoms with E-state index in [1.807, 2.05) is 0 Å². The van der Waals surface area contributed by atoms with Crippen LogP contribution in [0.15, 0.2) is 24.3 Å². The van der Waals surface area contributed by atoms with Gasteiger partial charge in [0.25, 0.3) is 0 Å². The molecule has 1 aromatic carbocycles. The second-order valence-corrected chi connectivity index (χ2v) is 11.8. The second-order valence-electron chi connectivity index (χ2n) is 11.8. The molecule has 7 rings (SSSR count). The first-order valence-corrected chi connectivity index (χ1v) is 14.1. The Morgan fingerprint density at radius 3 is 1.71 bits per heavy atom. The summed E-state index contributed by atoms with van der Waals surface area (Å²) in [6.45, 7) is 5.56. The zero-order chi connectivity index (χ0) is 26.8. The molecular weight excluding hydrogens is 486 g/mol. The zero-order valence-electron chi connectivity index (χ0n) is 21.9. The van der Waals surface area contributed by atoms with E-state index in [2.05, 4.69) is 15.1 Å². The molecule has 9 heteroatoms. The molecule has 38 heavy (non-hydrogen) atoms. The van der Waals surface area contributed by atoms with Crippen molar-refractivity contribution in [3.63, 3.8) is 0 Å². The van der Waals surface area contributed by atoms with Gasteiger partial charge in [0, 0.05) is 31.8 Å². The van der Waals surface area contributed by atoms with Crippen molar-refractivity contribution in [3.8, 4) is 0 Å². The number of nitrogens with zero attached hydrogens (tertiary/aromatic N) is 2. The molecule has 2 unspecified atom stereocenters. The lowest BCUT2D eigenvalue weighted by Crippen LogP contribution is -2.58. The van der Waals surface area contributed by atoms with Crippen LogP contribution in [0.2, 0.25) is 0 Å². The Bertz CT molecular complexity index is 960. The van der Waals surface area contributed by atoms with Gasteiger partial charge in [-0.15, -0.1) is 0 Å². The van der Waals surface area contributed by atoms with Crippen molar-refractivity contribution in [2.75, 3.05) is 39.3 Å². The summed E-state index contributed by atoms with van der Waals surface area (Å²) in [5, 5.41) is 22.4. The minimum atomic E-state index is -0.983. The smallest absolute Gasteiger partial charge is 0.326 e. The van der Waals surface area contributed by atoms with E-state index in [0.717, 1.165) is 69.5 Å². The molecule has 0 aromatic heterocycles. The molecule has 4 bridgehead atoms. The fourth-order valence-corrected chi connectivity index (χ4v) is 7.36. The van der Waals surface area contributed by atoms with Gasteiger partial charge in [-0.05, 0) is 80.7 Å². The van der Waals surface area contributed by atoms with Crippen LogP contribution in [0, 0.1) is 29.6 Å². The molecule has 9 nitrogen and oxygen atoms in total. The van der Waals surface area contributed by atoms with Crippen molar-refractivity contribution in [1.82, 2.24) is 15.1 Å². The Balaban J connectivity index is 1.13. The molecule has 3 N–H and O–H groups in total. The van der Waals surface area contributed by atoms with Gasteiger partial charge >= 0.3 is 11.9 Å². The van der Waals surface area contributed by atoms with Gasteiger partial charge in [0.2, 0.25) is 5.91 Å². The summed E-state index contributed by atoms with van der Waals surface area (Å²) in [7, 11) is 0. The highest BCUT2D eigenvalue weighted by atomic mass is 16.4. The third-order valence-corrected chi connectivity index (χ3v) is 9.49. The molecule has 6 aliphatic heterocycles. The number of piperidine rings is 6. The highest BCUT2D eigenvalue weighted by Gasteiger charge is 2.43. The molecule has 4 atom stereocenters. The number of Topliss-reactive ketones (excluding diaryl/α,β-unsaturated/α-hetero) is 1. The molecule has 0 radical (unpaired) electrons. The monoisotopic (exact) mass is 525 g/mol. The summed E-state index contributed by atoms with van der Waals surface area (Å²) in [4.78, 5) is 54.1. The predicted molar refractivity (Wildman–Crippen MR) is 139 cm³/mol. The average molecular weight is 526 g/mol. The van der Waals surface area contributed by atoms with Crippen LogP contribution in [-0.4, -0.2) is 89.0 Å². The van der Waals surface area contributed by atoms with Gasteiger partial charge in [0.05, 0.1) is 12.3 Å². The Labute approximate surface area is 223 Å².